The van der Waals surface area contributed by atoms with Crippen LogP contribution < -0.4 is 30.1 Å². The number of esters is 1. The van der Waals surface area contributed by atoms with E-state index in [2.05, 4.69) is 26.8 Å². The zero-order valence-electron chi connectivity index (χ0n) is 18.8. The summed E-state index contributed by atoms with van der Waals surface area (Å²) in [6.07, 6.45) is 3.65. The third-order valence-electron chi connectivity index (χ3n) is 4.88. The Labute approximate surface area is 199 Å². The highest BCUT2D eigenvalue weighted by atomic mass is 32.1. The van der Waals surface area contributed by atoms with Crippen LogP contribution in [0.2, 0.25) is 0 Å². The molecule has 3 rings (SSSR count). The van der Waals surface area contributed by atoms with Crippen LogP contribution in [0.5, 0.6) is 5.75 Å². The Hall–Kier alpha value is -4.02. The number of thiazole rings is 1. The summed E-state index contributed by atoms with van der Waals surface area (Å²) >= 11 is 1.09. The molecule has 1 heterocycles. The van der Waals surface area contributed by atoms with Gasteiger partial charge < -0.3 is 20.1 Å². The number of methoxy groups -OCH3 is 1. The monoisotopic (exact) mass is 480 g/mol. The molecular weight excluding hydrogens is 456 g/mol. The number of amides is 1. The molecule has 2 aromatic rings. The molecular formula is C24H24N4O5S. The lowest BCUT2D eigenvalue weighted by molar-refractivity contribution is -0.142. The number of rotatable bonds is 9. The summed E-state index contributed by atoms with van der Waals surface area (Å²) in [5, 5.41) is 15.1. The van der Waals surface area contributed by atoms with Gasteiger partial charge in [0.25, 0.3) is 11.5 Å². The summed E-state index contributed by atoms with van der Waals surface area (Å²) in [6.45, 7) is 2.49. The lowest BCUT2D eigenvalue weighted by atomic mass is 10.3. The van der Waals surface area contributed by atoms with Crippen LogP contribution in [0.1, 0.15) is 19.8 Å². The number of nitrogens with zero attached hydrogens (tertiary/aromatic N) is 2. The van der Waals surface area contributed by atoms with Crippen molar-refractivity contribution in [3.8, 4) is 11.8 Å². The molecule has 10 heteroatoms. The number of benzene rings is 1. The Morgan fingerprint density at radius 3 is 2.82 bits per heavy atom. The molecule has 0 bridgehead atoms. The van der Waals surface area contributed by atoms with Crippen molar-refractivity contribution in [3.05, 3.63) is 55.6 Å². The van der Waals surface area contributed by atoms with Gasteiger partial charge >= 0.3 is 5.97 Å². The predicted octanol–water partition coefficient (Wildman–Crippen LogP) is 0.842. The predicted molar refractivity (Wildman–Crippen MR) is 127 cm³/mol. The van der Waals surface area contributed by atoms with Gasteiger partial charge in [-0.3, -0.25) is 14.2 Å². The second kappa shape index (κ2) is 11.7. The quantitative estimate of drug-likeness (QED) is 0.310. The van der Waals surface area contributed by atoms with Crippen molar-refractivity contribution in [2.45, 2.75) is 26.3 Å². The van der Waals surface area contributed by atoms with Crippen molar-refractivity contribution in [3.63, 3.8) is 0 Å². The number of hydrogen-bond donors (Lipinski definition) is 2. The Morgan fingerprint density at radius 1 is 1.35 bits per heavy atom. The molecule has 2 N–H and O–H groups in total. The highest BCUT2D eigenvalue weighted by molar-refractivity contribution is 7.07. The van der Waals surface area contributed by atoms with Gasteiger partial charge in [-0.05, 0) is 37.8 Å². The Balaban J connectivity index is 1.86. The van der Waals surface area contributed by atoms with E-state index < -0.39 is 11.9 Å². The van der Waals surface area contributed by atoms with Gasteiger partial charge in [-0.1, -0.05) is 28.9 Å². The zero-order chi connectivity index (χ0) is 24.5. The summed E-state index contributed by atoms with van der Waals surface area (Å²) in [5.74, 6) is -0.0225. The van der Waals surface area contributed by atoms with Crippen molar-refractivity contribution >= 4 is 40.4 Å². The van der Waals surface area contributed by atoms with E-state index in [0.29, 0.717) is 39.6 Å². The van der Waals surface area contributed by atoms with E-state index in [1.165, 1.54) is 17.9 Å². The molecule has 9 nitrogen and oxygen atoms in total. The summed E-state index contributed by atoms with van der Waals surface area (Å²) < 4.78 is 12.0. The minimum Gasteiger partial charge on any atom is -0.482 e. The van der Waals surface area contributed by atoms with Gasteiger partial charge in [-0.2, -0.15) is 5.26 Å². The Kier molecular flexibility index (Phi) is 8.49. The lowest BCUT2D eigenvalue weighted by Gasteiger charge is -2.06. The SMILES string of the molecule is CCn1c(=C=C(C#N)C(=O)NCC2CC2)sc(=C=CNc2cccc(OCC(=O)OC)c2)c1=O. The van der Waals surface area contributed by atoms with Crippen LogP contribution in [0, 0.1) is 17.2 Å². The van der Waals surface area contributed by atoms with Gasteiger partial charge in [0.2, 0.25) is 0 Å². The molecule has 1 aromatic carbocycles. The molecule has 176 valence electrons. The van der Waals surface area contributed by atoms with Crippen LogP contribution in [-0.4, -0.2) is 36.7 Å². The molecule has 0 aliphatic heterocycles. The summed E-state index contributed by atoms with van der Waals surface area (Å²) in [7, 11) is 1.28. The maximum atomic E-state index is 12.7. The number of nitriles is 1. The minimum absolute atomic E-state index is 0.165. The molecule has 0 radical (unpaired) electrons. The normalized spacial score (nSPS) is 11.9. The number of hydrogen-bond acceptors (Lipinski definition) is 8. The molecule has 0 unspecified atom stereocenters. The topological polar surface area (TPSA) is 122 Å². The van der Waals surface area contributed by atoms with E-state index in [1.807, 2.05) is 6.07 Å². The minimum atomic E-state index is -0.491. The van der Waals surface area contributed by atoms with Gasteiger partial charge in [0.1, 0.15) is 21.0 Å². The largest absolute Gasteiger partial charge is 0.482 e. The summed E-state index contributed by atoms with van der Waals surface area (Å²) in [6, 6.07) is 8.77. The fourth-order valence-corrected chi connectivity index (χ4v) is 3.82. The average molecular weight is 481 g/mol. The molecule has 34 heavy (non-hydrogen) atoms. The maximum absolute atomic E-state index is 12.7. The molecule has 0 saturated heterocycles. The summed E-state index contributed by atoms with van der Waals surface area (Å²) in [5.41, 5.74) is 5.90. The van der Waals surface area contributed by atoms with Crippen LogP contribution in [0.3, 0.4) is 0 Å². The number of carbonyl (C=O) groups is 2. The van der Waals surface area contributed by atoms with Crippen molar-refractivity contribution in [2.24, 2.45) is 5.92 Å². The van der Waals surface area contributed by atoms with Gasteiger partial charge in [0, 0.05) is 31.0 Å². The van der Waals surface area contributed by atoms with Crippen molar-refractivity contribution in [2.75, 3.05) is 25.6 Å². The molecule has 1 aliphatic rings. The van der Waals surface area contributed by atoms with Gasteiger partial charge in [0.15, 0.2) is 12.2 Å². The number of nitrogens with one attached hydrogen (secondary N) is 2. The second-order valence-electron chi connectivity index (χ2n) is 7.38. The molecule has 1 amide bonds. The lowest BCUT2D eigenvalue weighted by Crippen LogP contribution is -2.30. The first-order valence-electron chi connectivity index (χ1n) is 10.7. The fourth-order valence-electron chi connectivity index (χ4n) is 2.83. The first-order valence-corrected chi connectivity index (χ1v) is 11.5. The van der Waals surface area contributed by atoms with Crippen LogP contribution >= 0.6 is 11.3 Å². The van der Waals surface area contributed by atoms with Crippen LogP contribution in [-0.2, 0) is 20.9 Å². The Morgan fingerprint density at radius 2 is 2.15 bits per heavy atom. The third kappa shape index (κ3) is 6.74. The van der Waals surface area contributed by atoms with E-state index in [4.69, 9.17) is 4.74 Å². The zero-order valence-corrected chi connectivity index (χ0v) is 19.7. The molecule has 1 aromatic heterocycles. The smallest absolute Gasteiger partial charge is 0.343 e. The maximum Gasteiger partial charge on any atom is 0.343 e. The van der Waals surface area contributed by atoms with E-state index in [0.717, 1.165) is 24.2 Å². The molecule has 1 saturated carbocycles. The van der Waals surface area contributed by atoms with E-state index in [9.17, 15) is 19.6 Å². The number of carbonyl (C=O) groups excluding carboxylic acids is 2. The first-order chi connectivity index (χ1) is 16.4. The van der Waals surface area contributed by atoms with Crippen molar-refractivity contribution in [1.82, 2.24) is 9.88 Å². The molecule has 1 aliphatic carbocycles. The van der Waals surface area contributed by atoms with Crippen molar-refractivity contribution in [1.29, 1.82) is 5.26 Å². The first kappa shape index (κ1) is 24.6. The van der Waals surface area contributed by atoms with E-state index in [-0.39, 0.29) is 17.7 Å². The van der Waals surface area contributed by atoms with Crippen LogP contribution in [0.4, 0.5) is 5.69 Å². The number of anilines is 1. The highest BCUT2D eigenvalue weighted by Gasteiger charge is 2.22. The highest BCUT2D eigenvalue weighted by Crippen LogP contribution is 2.27. The molecule has 1 fully saturated rings. The second-order valence-corrected chi connectivity index (χ2v) is 8.38. The van der Waals surface area contributed by atoms with Gasteiger partial charge in [-0.15, -0.1) is 0 Å². The summed E-state index contributed by atoms with van der Waals surface area (Å²) in [4.78, 5) is 36.2. The number of ether oxygens (including phenoxy) is 2. The van der Waals surface area contributed by atoms with Gasteiger partial charge in [-0.25, -0.2) is 4.79 Å². The molecule has 0 atom stereocenters. The average Bonchev–Trinajstić information content (AvgIpc) is 3.63. The van der Waals surface area contributed by atoms with Crippen LogP contribution in [0.25, 0.3) is 11.5 Å². The molecule has 0 spiro atoms. The Bertz CT molecular complexity index is 1370. The van der Waals surface area contributed by atoms with Gasteiger partial charge in [0.05, 0.1) is 7.11 Å². The third-order valence-corrected chi connectivity index (χ3v) is 5.89. The van der Waals surface area contributed by atoms with E-state index in [1.54, 1.807) is 31.2 Å². The number of aromatic nitrogens is 1. The standard InChI is InChI=1S/C24H24N4O5S/c1-3-28-21(11-17(13-25)23(30)27-14-16-7-8-16)34-20(24(28)31)9-10-26-18-5-4-6-19(12-18)33-15-22(29)32-2/h4-6,10,12,16,26H,3,7-8,14-15H2,1-2H3,(H,27,30). The van der Waals surface area contributed by atoms with Crippen molar-refractivity contribution < 1.29 is 19.1 Å². The van der Waals surface area contributed by atoms with E-state index >= 15 is 0 Å². The fraction of sp³-hybridized carbons (Fsp3) is 0.333. The van der Waals surface area contributed by atoms with Crippen LogP contribution in [0.15, 0.2) is 40.8 Å².